The smallest absolute Gasteiger partial charge is 0.388 e. The number of aliphatic hydroxyl groups is 3. The SMILES string of the molecule is Nc1nc2n(c1C(=O)NC(=O)[C@H](O)[C@H](O)[C@H](O)COP(=O)(O)O)C(=O)CCC2=O. The zero-order valence-electron chi connectivity index (χ0n) is 14.5. The monoisotopic (exact) mass is 436 g/mol. The number of aromatic nitrogens is 2. The number of rotatable bonds is 7. The van der Waals surface area contributed by atoms with Crippen LogP contribution in [0.2, 0.25) is 0 Å². The minimum atomic E-state index is -4.99. The van der Waals surface area contributed by atoms with E-state index in [1.54, 1.807) is 5.32 Å². The number of nitrogens with one attached hydrogen (secondary N) is 1. The quantitative estimate of drug-likeness (QED) is 0.205. The molecule has 8 N–H and O–H groups in total. The fourth-order valence-electron chi connectivity index (χ4n) is 2.41. The van der Waals surface area contributed by atoms with Crippen LogP contribution in [0.3, 0.4) is 0 Å². The maximum Gasteiger partial charge on any atom is 0.469 e. The van der Waals surface area contributed by atoms with Gasteiger partial charge in [-0.05, 0) is 0 Å². The van der Waals surface area contributed by atoms with Crippen LogP contribution in [0.4, 0.5) is 5.82 Å². The van der Waals surface area contributed by atoms with Crippen molar-refractivity contribution in [3.63, 3.8) is 0 Å². The van der Waals surface area contributed by atoms with Crippen molar-refractivity contribution in [1.82, 2.24) is 14.9 Å². The summed E-state index contributed by atoms with van der Waals surface area (Å²) >= 11 is 0. The summed E-state index contributed by atoms with van der Waals surface area (Å²) in [7, 11) is -4.99. The molecule has 0 fully saturated rings. The number of amides is 2. The van der Waals surface area contributed by atoms with Crippen LogP contribution in [0, 0.1) is 0 Å². The summed E-state index contributed by atoms with van der Waals surface area (Å²) < 4.78 is 15.1. The van der Waals surface area contributed by atoms with Gasteiger partial charge in [0.05, 0.1) is 6.61 Å². The third-order valence-electron chi connectivity index (χ3n) is 3.82. The van der Waals surface area contributed by atoms with Crippen LogP contribution in [0.1, 0.15) is 38.7 Å². The second-order valence-electron chi connectivity index (χ2n) is 5.93. The van der Waals surface area contributed by atoms with Gasteiger partial charge in [0.25, 0.3) is 11.8 Å². The first-order valence-electron chi connectivity index (χ1n) is 7.87. The average molecular weight is 436 g/mol. The molecule has 3 atom stereocenters. The number of nitrogen functional groups attached to an aromatic ring is 1. The molecule has 0 saturated heterocycles. The highest BCUT2D eigenvalue weighted by Crippen LogP contribution is 2.35. The van der Waals surface area contributed by atoms with E-state index in [0.29, 0.717) is 4.57 Å². The van der Waals surface area contributed by atoms with E-state index in [4.69, 9.17) is 15.5 Å². The van der Waals surface area contributed by atoms with Crippen LogP contribution in [0.5, 0.6) is 0 Å². The van der Waals surface area contributed by atoms with Crippen molar-refractivity contribution in [2.45, 2.75) is 31.2 Å². The Bertz CT molecular complexity index is 907. The first-order valence-corrected chi connectivity index (χ1v) is 9.40. The number of phosphoric ester groups is 1. The molecular weight excluding hydrogens is 419 g/mol. The van der Waals surface area contributed by atoms with Gasteiger partial charge in [0, 0.05) is 12.8 Å². The molecule has 1 aromatic heterocycles. The first kappa shape index (κ1) is 22.8. The van der Waals surface area contributed by atoms with E-state index in [1.165, 1.54) is 0 Å². The Morgan fingerprint density at radius 1 is 1.24 bits per heavy atom. The number of carbonyl (C=O) groups excluding carboxylic acids is 4. The molecule has 2 amide bonds. The second kappa shape index (κ2) is 8.46. The predicted molar refractivity (Wildman–Crippen MR) is 89.3 cm³/mol. The van der Waals surface area contributed by atoms with Crippen LogP contribution < -0.4 is 11.1 Å². The number of fused-ring (bicyclic) bond motifs is 1. The Kier molecular flexibility index (Phi) is 6.64. The van der Waals surface area contributed by atoms with Gasteiger partial charge in [0.15, 0.2) is 29.2 Å². The van der Waals surface area contributed by atoms with E-state index in [0.717, 1.165) is 0 Å². The predicted octanol–water partition coefficient (Wildman–Crippen LogP) is -3.47. The molecule has 160 valence electrons. The van der Waals surface area contributed by atoms with E-state index < -0.39 is 67.8 Å². The summed E-state index contributed by atoms with van der Waals surface area (Å²) in [6, 6.07) is 0. The molecule has 1 aliphatic rings. The number of nitrogens with two attached hydrogens (primary N) is 1. The largest absolute Gasteiger partial charge is 0.469 e. The number of hydrogen-bond acceptors (Lipinski definition) is 11. The van der Waals surface area contributed by atoms with E-state index >= 15 is 0 Å². The van der Waals surface area contributed by atoms with E-state index in [9.17, 15) is 39.1 Å². The lowest BCUT2D eigenvalue weighted by Crippen LogP contribution is -2.50. The van der Waals surface area contributed by atoms with Crippen molar-refractivity contribution < 1.29 is 53.4 Å². The fourth-order valence-corrected chi connectivity index (χ4v) is 2.76. The molecule has 0 radical (unpaired) electrons. The molecule has 16 heteroatoms. The van der Waals surface area contributed by atoms with Crippen molar-refractivity contribution in [3.8, 4) is 0 Å². The summed E-state index contributed by atoms with van der Waals surface area (Å²) in [6.07, 6.45) is -7.19. The lowest BCUT2D eigenvalue weighted by molar-refractivity contribution is -0.141. The molecule has 2 heterocycles. The van der Waals surface area contributed by atoms with E-state index in [2.05, 4.69) is 9.51 Å². The first-order chi connectivity index (χ1) is 13.3. The molecule has 1 aromatic rings. The number of Topliss-reactive ketones (excluding diaryl/α,β-unsaturated/α-hetero) is 1. The van der Waals surface area contributed by atoms with Crippen LogP contribution in [0.25, 0.3) is 0 Å². The van der Waals surface area contributed by atoms with Gasteiger partial charge in [-0.15, -0.1) is 0 Å². The number of anilines is 1. The van der Waals surface area contributed by atoms with Crippen LogP contribution >= 0.6 is 7.82 Å². The van der Waals surface area contributed by atoms with Crippen molar-refractivity contribution in [2.75, 3.05) is 12.3 Å². The molecule has 0 saturated carbocycles. The van der Waals surface area contributed by atoms with Crippen LogP contribution in [-0.2, 0) is 13.9 Å². The summed E-state index contributed by atoms with van der Waals surface area (Å²) in [5.74, 6) is -5.00. The Balaban J connectivity index is 2.11. The van der Waals surface area contributed by atoms with Crippen LogP contribution in [0.15, 0.2) is 0 Å². The van der Waals surface area contributed by atoms with E-state index in [-0.39, 0.29) is 18.7 Å². The Labute approximate surface area is 161 Å². The number of imidazole rings is 1. The summed E-state index contributed by atoms with van der Waals surface area (Å²) in [5.41, 5.74) is 4.91. The van der Waals surface area contributed by atoms with Gasteiger partial charge in [0.1, 0.15) is 12.2 Å². The molecule has 0 aliphatic carbocycles. The molecule has 0 aromatic carbocycles. The maximum absolute atomic E-state index is 12.3. The summed E-state index contributed by atoms with van der Waals surface area (Å²) in [5, 5.41) is 30.6. The van der Waals surface area contributed by atoms with Gasteiger partial charge in [-0.1, -0.05) is 0 Å². The molecule has 0 spiro atoms. The number of hydrogen-bond donors (Lipinski definition) is 7. The fraction of sp³-hybridized carbons (Fsp3) is 0.462. The van der Waals surface area contributed by atoms with Gasteiger partial charge in [0.2, 0.25) is 5.91 Å². The van der Waals surface area contributed by atoms with Crippen molar-refractivity contribution in [2.24, 2.45) is 0 Å². The van der Waals surface area contributed by atoms with Gasteiger partial charge in [-0.25, -0.2) is 9.55 Å². The maximum atomic E-state index is 12.3. The highest BCUT2D eigenvalue weighted by molar-refractivity contribution is 7.46. The van der Waals surface area contributed by atoms with Crippen molar-refractivity contribution >= 4 is 37.1 Å². The third kappa shape index (κ3) is 5.10. The Hall–Kier alpha value is -2.52. The van der Waals surface area contributed by atoms with Crippen LogP contribution in [-0.4, -0.2) is 83.1 Å². The normalized spacial score (nSPS) is 17.4. The van der Waals surface area contributed by atoms with Gasteiger partial charge in [-0.2, -0.15) is 0 Å². The molecular formula is C13H17N4O11P. The minimum Gasteiger partial charge on any atom is -0.388 e. The van der Waals surface area contributed by atoms with Gasteiger partial charge >= 0.3 is 7.82 Å². The molecule has 0 unspecified atom stereocenters. The lowest BCUT2D eigenvalue weighted by atomic mass is 10.1. The number of aliphatic hydroxyl groups excluding tert-OH is 3. The topological polar surface area (TPSA) is 252 Å². The standard InChI is InChI=1S/C13H17N4O11P/c14-10-7(17-6(20)2-1-4(18)11(17)15-10)12(23)16-13(24)9(22)8(21)5(19)3-28-29(25,26)27/h5,8-9,19,21-22H,1-3,14H2,(H,16,23,24)(H2,25,26,27)/t5-,8-,9-/m1/s1. The van der Waals surface area contributed by atoms with Gasteiger partial charge < -0.3 is 30.8 Å². The highest BCUT2D eigenvalue weighted by atomic mass is 31.2. The third-order valence-corrected chi connectivity index (χ3v) is 4.31. The average Bonchev–Trinajstić information content (AvgIpc) is 2.99. The molecule has 0 bridgehead atoms. The summed E-state index contributed by atoms with van der Waals surface area (Å²) in [6.45, 7) is -1.14. The second-order valence-corrected chi connectivity index (χ2v) is 7.17. The van der Waals surface area contributed by atoms with Gasteiger partial charge in [-0.3, -0.25) is 33.6 Å². The molecule has 2 rings (SSSR count). The molecule has 1 aliphatic heterocycles. The summed E-state index contributed by atoms with van der Waals surface area (Å²) in [4.78, 5) is 68.7. The Morgan fingerprint density at radius 2 is 1.86 bits per heavy atom. The number of carbonyl (C=O) groups is 4. The van der Waals surface area contributed by atoms with Crippen molar-refractivity contribution in [1.29, 1.82) is 0 Å². The zero-order valence-corrected chi connectivity index (χ0v) is 15.4. The number of phosphoric acid groups is 1. The number of nitrogens with zero attached hydrogens (tertiary/aromatic N) is 2. The molecule has 15 nitrogen and oxygen atoms in total. The molecule has 29 heavy (non-hydrogen) atoms. The number of imide groups is 1. The number of ketones is 1. The lowest BCUT2D eigenvalue weighted by Gasteiger charge is -2.22. The van der Waals surface area contributed by atoms with Crippen molar-refractivity contribution in [3.05, 3.63) is 11.5 Å². The Morgan fingerprint density at radius 3 is 2.45 bits per heavy atom. The van der Waals surface area contributed by atoms with E-state index in [1.807, 2.05) is 0 Å². The highest BCUT2D eigenvalue weighted by Gasteiger charge is 2.36. The minimum absolute atomic E-state index is 0.130. The zero-order chi connectivity index (χ0) is 22.1.